The number of benzene rings is 1. The molecular weight excluding hydrogens is 469 g/mol. The van der Waals surface area contributed by atoms with Crippen molar-refractivity contribution < 1.29 is 27.8 Å². The van der Waals surface area contributed by atoms with Crippen molar-refractivity contribution in [2.75, 3.05) is 30.0 Å². The first-order chi connectivity index (χ1) is 15.9. The first kappa shape index (κ1) is 26.2. The average Bonchev–Trinajstić information content (AvgIpc) is 3.21. The minimum atomic E-state index is -4.63. The lowest BCUT2D eigenvalue weighted by Crippen LogP contribution is -2.42. The van der Waals surface area contributed by atoms with Gasteiger partial charge in [-0.1, -0.05) is 33.8 Å². The van der Waals surface area contributed by atoms with E-state index in [1.54, 1.807) is 0 Å². The number of hydrogen-bond acceptors (Lipinski definition) is 7. The number of carbonyl (C=O) groups is 1. The van der Waals surface area contributed by atoms with Gasteiger partial charge in [0.05, 0.1) is 17.8 Å². The Bertz CT molecular complexity index is 988. The molecule has 0 aliphatic carbocycles. The standard InChI is InChI=1S/C23H31F3N4O3S/c1-14(2)13-30(16-7-9-33-10-8-16)18-6-5-15(22(3,4)12-19(31)32)11-17(18)27-21-28-20(29-34-21)23(24,25)26/h5-6,11,14,16H,7-10,12-13H2,1-4H3,(H,31,32)(H,27,28,29). The monoisotopic (exact) mass is 500 g/mol. The Morgan fingerprint density at radius 1 is 1.29 bits per heavy atom. The Labute approximate surface area is 201 Å². The zero-order chi connectivity index (χ0) is 25.1. The molecule has 0 bridgehead atoms. The van der Waals surface area contributed by atoms with Crippen LogP contribution in [0.1, 0.15) is 58.3 Å². The number of carboxylic acid groups (broad SMARTS) is 1. The van der Waals surface area contributed by atoms with Crippen molar-refractivity contribution in [3.63, 3.8) is 0 Å². The molecule has 2 aromatic rings. The smallest absolute Gasteiger partial charge is 0.452 e. The van der Waals surface area contributed by atoms with Crippen LogP contribution in [0.4, 0.5) is 29.7 Å². The molecule has 34 heavy (non-hydrogen) atoms. The lowest BCUT2D eigenvalue weighted by atomic mass is 9.81. The molecule has 0 radical (unpaired) electrons. The molecule has 1 aromatic heterocycles. The summed E-state index contributed by atoms with van der Waals surface area (Å²) in [6, 6.07) is 5.86. The normalized spacial score (nSPS) is 15.5. The van der Waals surface area contributed by atoms with Crippen LogP contribution in [0, 0.1) is 5.92 Å². The molecule has 11 heteroatoms. The number of ether oxygens (including phenoxy) is 1. The van der Waals surface area contributed by atoms with Gasteiger partial charge in [-0.05, 0) is 36.5 Å². The van der Waals surface area contributed by atoms with Crippen molar-refractivity contribution in [1.82, 2.24) is 9.36 Å². The molecule has 3 rings (SSSR count). The van der Waals surface area contributed by atoms with E-state index in [9.17, 15) is 23.1 Å². The summed E-state index contributed by atoms with van der Waals surface area (Å²) >= 11 is 0.640. The van der Waals surface area contributed by atoms with Gasteiger partial charge in [0.1, 0.15) is 0 Å². The van der Waals surface area contributed by atoms with Crippen LogP contribution in [-0.4, -0.2) is 46.2 Å². The number of nitrogens with zero attached hydrogens (tertiary/aromatic N) is 3. The maximum Gasteiger partial charge on any atom is 0.452 e. The molecule has 188 valence electrons. The highest BCUT2D eigenvalue weighted by Gasteiger charge is 2.36. The molecule has 0 spiro atoms. The van der Waals surface area contributed by atoms with Gasteiger partial charge < -0.3 is 20.1 Å². The van der Waals surface area contributed by atoms with Crippen LogP contribution in [0.5, 0.6) is 0 Å². The first-order valence-corrected chi connectivity index (χ1v) is 12.0. The van der Waals surface area contributed by atoms with Crippen LogP contribution in [0.15, 0.2) is 18.2 Å². The second-order valence-corrected chi connectivity index (χ2v) is 10.4. The summed E-state index contributed by atoms with van der Waals surface area (Å²) in [5, 5.41) is 12.4. The molecular formula is C23H31F3N4O3S. The van der Waals surface area contributed by atoms with Gasteiger partial charge in [0.2, 0.25) is 11.0 Å². The summed E-state index contributed by atoms with van der Waals surface area (Å²) in [5.41, 5.74) is 1.49. The van der Waals surface area contributed by atoms with Crippen molar-refractivity contribution in [3.05, 3.63) is 29.6 Å². The molecule has 2 N–H and O–H groups in total. The maximum atomic E-state index is 13.1. The molecule has 1 aliphatic rings. The number of hydrogen-bond donors (Lipinski definition) is 2. The fourth-order valence-corrected chi connectivity index (χ4v) is 4.73. The summed E-state index contributed by atoms with van der Waals surface area (Å²) < 4.78 is 48.1. The van der Waals surface area contributed by atoms with Crippen molar-refractivity contribution in [2.45, 2.75) is 64.6 Å². The van der Waals surface area contributed by atoms with E-state index in [1.807, 2.05) is 32.0 Å². The SMILES string of the molecule is CC(C)CN(c1ccc(C(C)(C)CC(=O)O)cc1Nc1nc(C(F)(F)F)ns1)C1CCOCC1. The van der Waals surface area contributed by atoms with Gasteiger partial charge in [0.15, 0.2) is 0 Å². The Morgan fingerprint density at radius 3 is 2.53 bits per heavy atom. The van der Waals surface area contributed by atoms with E-state index in [1.165, 1.54) is 0 Å². The fraction of sp³-hybridized carbons (Fsp3) is 0.609. The lowest BCUT2D eigenvalue weighted by Gasteiger charge is -2.38. The quantitative estimate of drug-likeness (QED) is 0.457. The number of carboxylic acids is 1. The molecule has 0 atom stereocenters. The minimum absolute atomic E-state index is 0.0261. The predicted octanol–water partition coefficient (Wildman–Crippen LogP) is 5.69. The van der Waals surface area contributed by atoms with Crippen LogP contribution < -0.4 is 10.2 Å². The summed E-state index contributed by atoms with van der Waals surface area (Å²) in [7, 11) is 0. The van der Waals surface area contributed by atoms with E-state index in [-0.39, 0.29) is 17.6 Å². The number of anilines is 3. The molecule has 7 nitrogen and oxygen atoms in total. The van der Waals surface area contributed by atoms with E-state index in [2.05, 4.69) is 33.4 Å². The number of aromatic nitrogens is 2. The lowest BCUT2D eigenvalue weighted by molar-refractivity contribution is -0.144. The molecule has 1 aromatic carbocycles. The number of nitrogens with one attached hydrogen (secondary N) is 1. The van der Waals surface area contributed by atoms with E-state index >= 15 is 0 Å². The highest BCUT2D eigenvalue weighted by atomic mass is 32.1. The van der Waals surface area contributed by atoms with Gasteiger partial charge in [0, 0.05) is 42.7 Å². The van der Waals surface area contributed by atoms with Crippen molar-refractivity contribution >= 4 is 34.0 Å². The van der Waals surface area contributed by atoms with E-state index in [0.717, 1.165) is 30.6 Å². The van der Waals surface area contributed by atoms with E-state index in [0.29, 0.717) is 36.4 Å². The maximum absolute atomic E-state index is 13.1. The molecule has 1 saturated heterocycles. The third-order valence-corrected chi connectivity index (χ3v) is 6.43. The van der Waals surface area contributed by atoms with Crippen LogP contribution in [0.25, 0.3) is 0 Å². The van der Waals surface area contributed by atoms with Crippen LogP contribution in [-0.2, 0) is 21.1 Å². The summed E-state index contributed by atoms with van der Waals surface area (Å²) in [6.45, 7) is 9.94. The summed E-state index contributed by atoms with van der Waals surface area (Å²) in [6.07, 6.45) is -3.03. The van der Waals surface area contributed by atoms with Gasteiger partial charge in [-0.15, -0.1) is 0 Å². The summed E-state index contributed by atoms with van der Waals surface area (Å²) in [5.74, 6) is -1.77. The number of alkyl halides is 3. The number of aliphatic carboxylic acids is 1. The minimum Gasteiger partial charge on any atom is -0.481 e. The Balaban J connectivity index is 2.05. The molecule has 0 unspecified atom stereocenters. The van der Waals surface area contributed by atoms with Gasteiger partial charge in [0.25, 0.3) is 0 Å². The van der Waals surface area contributed by atoms with Crippen LogP contribution in [0.2, 0.25) is 0 Å². The highest BCUT2D eigenvalue weighted by molar-refractivity contribution is 7.09. The summed E-state index contributed by atoms with van der Waals surface area (Å²) in [4.78, 5) is 17.3. The zero-order valence-electron chi connectivity index (χ0n) is 19.8. The Morgan fingerprint density at radius 2 is 1.97 bits per heavy atom. The molecule has 1 aliphatic heterocycles. The third-order valence-electron chi connectivity index (χ3n) is 5.80. The average molecular weight is 501 g/mol. The van der Waals surface area contributed by atoms with E-state index < -0.39 is 23.4 Å². The largest absolute Gasteiger partial charge is 0.481 e. The molecule has 0 amide bonds. The molecule has 2 heterocycles. The molecule has 0 saturated carbocycles. The van der Waals surface area contributed by atoms with Gasteiger partial charge in [-0.3, -0.25) is 4.79 Å². The second kappa shape index (κ2) is 10.5. The van der Waals surface area contributed by atoms with Crippen LogP contribution in [0.3, 0.4) is 0 Å². The van der Waals surface area contributed by atoms with Gasteiger partial charge in [-0.2, -0.15) is 22.5 Å². The second-order valence-electron chi connectivity index (χ2n) is 9.62. The van der Waals surface area contributed by atoms with Gasteiger partial charge >= 0.3 is 12.1 Å². The highest BCUT2D eigenvalue weighted by Crippen LogP contribution is 2.39. The van der Waals surface area contributed by atoms with Crippen LogP contribution >= 0.6 is 11.5 Å². The topological polar surface area (TPSA) is 87.6 Å². The predicted molar refractivity (Wildman–Crippen MR) is 126 cm³/mol. The van der Waals surface area contributed by atoms with Crippen molar-refractivity contribution in [2.24, 2.45) is 5.92 Å². The Hall–Kier alpha value is -2.40. The molecule has 1 fully saturated rings. The number of halogens is 3. The zero-order valence-corrected chi connectivity index (χ0v) is 20.6. The third kappa shape index (κ3) is 6.59. The first-order valence-electron chi connectivity index (χ1n) is 11.3. The Kier molecular flexibility index (Phi) is 8.07. The van der Waals surface area contributed by atoms with Crippen molar-refractivity contribution in [3.8, 4) is 0 Å². The number of rotatable bonds is 9. The van der Waals surface area contributed by atoms with Crippen molar-refractivity contribution in [1.29, 1.82) is 0 Å². The van der Waals surface area contributed by atoms with E-state index in [4.69, 9.17) is 4.74 Å². The fourth-order valence-electron chi connectivity index (χ4n) is 4.13. The van der Waals surface area contributed by atoms with Gasteiger partial charge in [-0.25, -0.2) is 0 Å².